The van der Waals surface area contributed by atoms with Gasteiger partial charge in [-0.2, -0.15) is 0 Å². The normalized spacial score (nSPS) is 13.3. The lowest BCUT2D eigenvalue weighted by molar-refractivity contribution is 0.750. The third kappa shape index (κ3) is 2.47. The second-order valence-corrected chi connectivity index (χ2v) is 6.23. The maximum Gasteiger partial charge on any atom is 0.109 e. The number of nitrogens with zero attached hydrogens (tertiary/aromatic N) is 2. The van der Waals surface area contributed by atoms with Crippen molar-refractivity contribution in [3.8, 4) is 22.4 Å². The molecule has 1 aliphatic rings. The van der Waals surface area contributed by atoms with Crippen molar-refractivity contribution in [2.24, 2.45) is 5.73 Å². The van der Waals surface area contributed by atoms with Crippen LogP contribution in [-0.2, 0) is 19.5 Å². The lowest BCUT2D eigenvalue weighted by Gasteiger charge is -2.12. The van der Waals surface area contributed by atoms with Crippen LogP contribution in [0, 0.1) is 6.92 Å². The van der Waals surface area contributed by atoms with E-state index in [2.05, 4.69) is 60.2 Å². The Labute approximate surface area is 136 Å². The van der Waals surface area contributed by atoms with Crippen LogP contribution in [-0.4, -0.2) is 9.55 Å². The van der Waals surface area contributed by atoms with E-state index in [1.54, 1.807) is 0 Å². The molecule has 2 aromatic carbocycles. The summed E-state index contributed by atoms with van der Waals surface area (Å²) >= 11 is 0. The Hall–Kier alpha value is -2.39. The predicted molar refractivity (Wildman–Crippen MR) is 94.0 cm³/mol. The van der Waals surface area contributed by atoms with E-state index in [1.165, 1.54) is 34.5 Å². The minimum atomic E-state index is 0.533. The summed E-state index contributed by atoms with van der Waals surface area (Å²) in [5, 5.41) is 0. The van der Waals surface area contributed by atoms with Crippen molar-refractivity contribution in [2.45, 2.75) is 32.9 Å². The number of imidazole rings is 1. The van der Waals surface area contributed by atoms with Gasteiger partial charge in [0.1, 0.15) is 5.82 Å². The third-order valence-corrected chi connectivity index (χ3v) is 4.71. The fourth-order valence-corrected chi connectivity index (χ4v) is 3.45. The molecule has 0 unspecified atom stereocenters. The molecule has 23 heavy (non-hydrogen) atoms. The van der Waals surface area contributed by atoms with Crippen molar-refractivity contribution < 1.29 is 0 Å². The molecule has 0 spiro atoms. The number of aryl methyl sites for hydroxylation is 3. The number of benzene rings is 2. The highest BCUT2D eigenvalue weighted by Gasteiger charge is 2.15. The molecule has 4 rings (SSSR count). The zero-order valence-corrected chi connectivity index (χ0v) is 13.4. The van der Waals surface area contributed by atoms with Crippen LogP contribution in [0.1, 0.15) is 23.4 Å². The van der Waals surface area contributed by atoms with Gasteiger partial charge in [-0.1, -0.05) is 36.4 Å². The van der Waals surface area contributed by atoms with Gasteiger partial charge in [-0.3, -0.25) is 0 Å². The number of aromatic nitrogens is 2. The van der Waals surface area contributed by atoms with Crippen LogP contribution < -0.4 is 5.73 Å². The van der Waals surface area contributed by atoms with E-state index in [1.807, 2.05) is 0 Å². The first-order valence-electron chi connectivity index (χ1n) is 8.21. The molecule has 0 amide bonds. The molecule has 3 aromatic rings. The summed E-state index contributed by atoms with van der Waals surface area (Å²) in [5.74, 6) is 1.21. The SMILES string of the molecule is Cc1ccccc1-c1ccc(-c2cn3c(n2)CCC3)cc1CN. The molecule has 1 aromatic heterocycles. The van der Waals surface area contributed by atoms with Gasteiger partial charge in [-0.15, -0.1) is 0 Å². The minimum absolute atomic E-state index is 0.533. The van der Waals surface area contributed by atoms with Crippen molar-refractivity contribution >= 4 is 0 Å². The van der Waals surface area contributed by atoms with Gasteiger partial charge in [0.2, 0.25) is 0 Å². The second kappa shape index (κ2) is 5.67. The molecule has 0 fully saturated rings. The van der Waals surface area contributed by atoms with Crippen molar-refractivity contribution in [1.29, 1.82) is 0 Å². The Balaban J connectivity index is 1.78. The fraction of sp³-hybridized carbons (Fsp3) is 0.250. The predicted octanol–water partition coefficient (Wildman–Crippen LogP) is 3.93. The molecule has 0 saturated carbocycles. The molecule has 0 saturated heterocycles. The molecule has 3 heteroatoms. The third-order valence-electron chi connectivity index (χ3n) is 4.71. The molecular formula is C20H21N3. The quantitative estimate of drug-likeness (QED) is 0.796. The van der Waals surface area contributed by atoms with Crippen molar-refractivity contribution in [3.05, 3.63) is 65.6 Å². The second-order valence-electron chi connectivity index (χ2n) is 6.23. The van der Waals surface area contributed by atoms with E-state index in [4.69, 9.17) is 10.7 Å². The Kier molecular flexibility index (Phi) is 3.50. The van der Waals surface area contributed by atoms with Crippen molar-refractivity contribution in [1.82, 2.24) is 9.55 Å². The molecule has 1 aliphatic heterocycles. The average Bonchev–Trinajstić information content (AvgIpc) is 3.16. The molecular weight excluding hydrogens is 282 g/mol. The zero-order chi connectivity index (χ0) is 15.8. The summed E-state index contributed by atoms with van der Waals surface area (Å²) in [7, 11) is 0. The Morgan fingerprint density at radius 1 is 1.13 bits per heavy atom. The molecule has 2 heterocycles. The summed E-state index contributed by atoms with van der Waals surface area (Å²) in [6, 6.07) is 15.0. The van der Waals surface area contributed by atoms with Crippen molar-refractivity contribution in [3.63, 3.8) is 0 Å². The van der Waals surface area contributed by atoms with Crippen LogP contribution in [0.5, 0.6) is 0 Å². The summed E-state index contributed by atoms with van der Waals surface area (Å²) in [4.78, 5) is 4.78. The van der Waals surface area contributed by atoms with E-state index in [-0.39, 0.29) is 0 Å². The topological polar surface area (TPSA) is 43.8 Å². The molecule has 3 nitrogen and oxygen atoms in total. The van der Waals surface area contributed by atoms with E-state index in [0.29, 0.717) is 6.54 Å². The number of fused-ring (bicyclic) bond motifs is 1. The molecule has 0 atom stereocenters. The lowest BCUT2D eigenvalue weighted by atomic mass is 9.94. The molecule has 116 valence electrons. The van der Waals surface area contributed by atoms with Gasteiger partial charge < -0.3 is 10.3 Å². The summed E-state index contributed by atoms with van der Waals surface area (Å²) in [5.41, 5.74) is 13.2. The highest BCUT2D eigenvalue weighted by Crippen LogP contribution is 2.31. The molecule has 0 aliphatic carbocycles. The van der Waals surface area contributed by atoms with Crippen LogP contribution in [0.2, 0.25) is 0 Å². The highest BCUT2D eigenvalue weighted by atomic mass is 15.1. The Morgan fingerprint density at radius 2 is 2.00 bits per heavy atom. The standard InChI is InChI=1S/C20H21N3/c1-14-5-2-3-6-17(14)18-9-8-15(11-16(18)12-21)19-13-23-10-4-7-20(23)22-19/h2-3,5-6,8-9,11,13H,4,7,10,12,21H2,1H3. The maximum atomic E-state index is 6.03. The maximum absolute atomic E-state index is 6.03. The number of hydrogen-bond donors (Lipinski definition) is 1. The van der Waals surface area contributed by atoms with Crippen LogP contribution in [0.3, 0.4) is 0 Å². The molecule has 0 radical (unpaired) electrons. The average molecular weight is 303 g/mol. The zero-order valence-electron chi connectivity index (χ0n) is 13.4. The lowest BCUT2D eigenvalue weighted by Crippen LogP contribution is -2.00. The number of rotatable bonds is 3. The van der Waals surface area contributed by atoms with Gasteiger partial charge in [0.15, 0.2) is 0 Å². The summed E-state index contributed by atoms with van der Waals surface area (Å²) < 4.78 is 2.27. The van der Waals surface area contributed by atoms with E-state index < -0.39 is 0 Å². The first kappa shape index (κ1) is 14.2. The van der Waals surface area contributed by atoms with Crippen LogP contribution in [0.25, 0.3) is 22.4 Å². The van der Waals surface area contributed by atoms with E-state index in [0.717, 1.165) is 24.2 Å². The van der Waals surface area contributed by atoms with E-state index in [9.17, 15) is 0 Å². The molecule has 0 bridgehead atoms. The van der Waals surface area contributed by atoms with Gasteiger partial charge in [0.05, 0.1) is 5.69 Å². The highest BCUT2D eigenvalue weighted by molar-refractivity contribution is 5.74. The van der Waals surface area contributed by atoms with Gasteiger partial charge in [-0.05, 0) is 41.7 Å². The van der Waals surface area contributed by atoms with Crippen LogP contribution in [0.4, 0.5) is 0 Å². The Morgan fingerprint density at radius 3 is 2.78 bits per heavy atom. The summed E-state index contributed by atoms with van der Waals surface area (Å²) in [6.07, 6.45) is 4.47. The Bertz CT molecular complexity index is 840. The first-order valence-corrected chi connectivity index (χ1v) is 8.21. The van der Waals surface area contributed by atoms with Gasteiger partial charge in [0, 0.05) is 31.3 Å². The van der Waals surface area contributed by atoms with Gasteiger partial charge in [-0.25, -0.2) is 4.98 Å². The smallest absolute Gasteiger partial charge is 0.109 e. The number of nitrogens with two attached hydrogens (primary N) is 1. The number of hydrogen-bond acceptors (Lipinski definition) is 2. The van der Waals surface area contributed by atoms with Gasteiger partial charge >= 0.3 is 0 Å². The molecule has 2 N–H and O–H groups in total. The van der Waals surface area contributed by atoms with Crippen molar-refractivity contribution in [2.75, 3.05) is 0 Å². The summed E-state index contributed by atoms with van der Waals surface area (Å²) in [6.45, 7) is 3.77. The van der Waals surface area contributed by atoms with Crippen LogP contribution >= 0.6 is 0 Å². The van der Waals surface area contributed by atoms with Crippen LogP contribution in [0.15, 0.2) is 48.7 Å². The van der Waals surface area contributed by atoms with Gasteiger partial charge in [0.25, 0.3) is 0 Å². The monoisotopic (exact) mass is 303 g/mol. The fourth-order valence-electron chi connectivity index (χ4n) is 3.45. The first-order chi connectivity index (χ1) is 11.3. The minimum Gasteiger partial charge on any atom is -0.334 e. The largest absolute Gasteiger partial charge is 0.334 e. The van der Waals surface area contributed by atoms with E-state index >= 15 is 0 Å².